The molecule has 1 aliphatic carbocycles. The number of carbonyl (C=O) groups excluding carboxylic acids is 1. The van der Waals surface area contributed by atoms with Crippen molar-refractivity contribution in [3.63, 3.8) is 0 Å². The van der Waals surface area contributed by atoms with Crippen LogP contribution in [0.25, 0.3) is 0 Å². The summed E-state index contributed by atoms with van der Waals surface area (Å²) in [6, 6.07) is 6.85. The number of anilines is 1. The predicted molar refractivity (Wildman–Crippen MR) is 81.4 cm³/mol. The number of amides is 2. The molecule has 5 heteroatoms. The largest absolute Gasteiger partial charge is 0.481 e. The number of aliphatic carboxylic acids is 1. The Morgan fingerprint density at radius 1 is 1.33 bits per heavy atom. The molecule has 0 heterocycles. The molecular weight excluding hydrogens is 268 g/mol. The molecule has 1 saturated carbocycles. The van der Waals surface area contributed by atoms with Crippen LogP contribution in [0.5, 0.6) is 0 Å². The minimum Gasteiger partial charge on any atom is -0.481 e. The topological polar surface area (TPSA) is 78.4 Å². The van der Waals surface area contributed by atoms with Crippen LogP contribution in [0.3, 0.4) is 0 Å². The molecule has 1 aromatic rings. The maximum Gasteiger partial charge on any atom is 0.319 e. The molecule has 2 rings (SSSR count). The van der Waals surface area contributed by atoms with Crippen molar-refractivity contribution in [1.29, 1.82) is 0 Å². The highest BCUT2D eigenvalue weighted by Gasteiger charge is 2.22. The van der Waals surface area contributed by atoms with Crippen molar-refractivity contribution in [1.82, 2.24) is 5.32 Å². The van der Waals surface area contributed by atoms with Crippen LogP contribution in [0.2, 0.25) is 0 Å². The van der Waals surface area contributed by atoms with E-state index in [1.165, 1.54) is 25.7 Å². The van der Waals surface area contributed by atoms with Gasteiger partial charge >= 0.3 is 12.0 Å². The van der Waals surface area contributed by atoms with Gasteiger partial charge in [-0.3, -0.25) is 4.79 Å². The normalized spacial score (nSPS) is 16.4. The van der Waals surface area contributed by atoms with E-state index in [0.717, 1.165) is 0 Å². The predicted octanol–water partition coefficient (Wildman–Crippen LogP) is 3.01. The molecule has 1 aromatic carbocycles. The molecule has 114 valence electrons. The van der Waals surface area contributed by atoms with Gasteiger partial charge in [0.05, 0.1) is 6.42 Å². The number of rotatable bonds is 5. The van der Waals surface area contributed by atoms with Crippen LogP contribution in [0, 0.1) is 5.92 Å². The standard InChI is InChI=1S/C16H22N2O3/c1-11(13-6-2-3-7-13)17-16(21)18-14-8-4-5-12(9-14)10-15(19)20/h4-5,8-9,11,13H,2-3,6-7,10H2,1H3,(H,19,20)(H2,17,18,21). The first-order valence-corrected chi connectivity index (χ1v) is 7.43. The molecule has 21 heavy (non-hydrogen) atoms. The zero-order chi connectivity index (χ0) is 15.2. The van der Waals surface area contributed by atoms with Crippen molar-refractivity contribution >= 4 is 17.7 Å². The monoisotopic (exact) mass is 290 g/mol. The highest BCUT2D eigenvalue weighted by Crippen LogP contribution is 2.27. The highest BCUT2D eigenvalue weighted by molar-refractivity contribution is 5.89. The maximum atomic E-state index is 12.0. The number of hydrogen-bond donors (Lipinski definition) is 3. The first-order chi connectivity index (χ1) is 10.0. The Morgan fingerprint density at radius 2 is 2.05 bits per heavy atom. The lowest BCUT2D eigenvalue weighted by atomic mass is 10.0. The van der Waals surface area contributed by atoms with Gasteiger partial charge in [0.2, 0.25) is 0 Å². The lowest BCUT2D eigenvalue weighted by Crippen LogP contribution is -2.39. The summed E-state index contributed by atoms with van der Waals surface area (Å²) in [5.41, 5.74) is 1.29. The summed E-state index contributed by atoms with van der Waals surface area (Å²) in [5.74, 6) is -0.319. The van der Waals surface area contributed by atoms with Crippen LogP contribution in [0.1, 0.15) is 38.2 Å². The molecule has 0 aromatic heterocycles. The summed E-state index contributed by atoms with van der Waals surface area (Å²) in [6.45, 7) is 2.04. The van der Waals surface area contributed by atoms with Crippen LogP contribution in [-0.4, -0.2) is 23.1 Å². The fraction of sp³-hybridized carbons (Fsp3) is 0.500. The summed E-state index contributed by atoms with van der Waals surface area (Å²) in [7, 11) is 0. The van der Waals surface area contributed by atoms with Gasteiger partial charge in [0.1, 0.15) is 0 Å². The molecule has 0 spiro atoms. The first kappa shape index (κ1) is 15.4. The summed E-state index contributed by atoms with van der Waals surface area (Å²) in [6.07, 6.45) is 4.80. The van der Waals surface area contributed by atoms with Crippen molar-refractivity contribution in [3.8, 4) is 0 Å². The molecule has 0 aliphatic heterocycles. The number of carboxylic acids is 1. The number of nitrogens with one attached hydrogen (secondary N) is 2. The highest BCUT2D eigenvalue weighted by atomic mass is 16.4. The Bertz CT molecular complexity index is 510. The third kappa shape index (κ3) is 4.77. The number of urea groups is 1. The first-order valence-electron chi connectivity index (χ1n) is 7.43. The zero-order valence-electron chi connectivity index (χ0n) is 12.3. The molecule has 3 N–H and O–H groups in total. The smallest absolute Gasteiger partial charge is 0.319 e. The molecule has 1 atom stereocenters. The molecule has 1 unspecified atom stereocenters. The molecular formula is C16H22N2O3. The fourth-order valence-corrected chi connectivity index (χ4v) is 2.88. The quantitative estimate of drug-likeness (QED) is 0.780. The van der Waals surface area contributed by atoms with Crippen molar-refractivity contribution < 1.29 is 14.7 Å². The molecule has 0 radical (unpaired) electrons. The van der Waals surface area contributed by atoms with Crippen LogP contribution in [-0.2, 0) is 11.2 Å². The van der Waals surface area contributed by atoms with Gasteiger partial charge in [0.25, 0.3) is 0 Å². The molecule has 5 nitrogen and oxygen atoms in total. The van der Waals surface area contributed by atoms with E-state index in [4.69, 9.17) is 5.11 Å². The van der Waals surface area contributed by atoms with Gasteiger partial charge in [-0.05, 0) is 43.4 Å². The lowest BCUT2D eigenvalue weighted by molar-refractivity contribution is -0.136. The Balaban J connectivity index is 1.88. The average molecular weight is 290 g/mol. The zero-order valence-corrected chi connectivity index (χ0v) is 12.3. The van der Waals surface area contributed by atoms with E-state index in [1.54, 1.807) is 24.3 Å². The minimum atomic E-state index is -0.883. The van der Waals surface area contributed by atoms with E-state index in [9.17, 15) is 9.59 Å². The molecule has 1 fully saturated rings. The second kappa shape index (κ2) is 7.11. The minimum absolute atomic E-state index is 0.0460. The maximum absolute atomic E-state index is 12.0. The van der Waals surface area contributed by atoms with E-state index in [0.29, 0.717) is 17.2 Å². The summed E-state index contributed by atoms with van der Waals surface area (Å²) < 4.78 is 0. The van der Waals surface area contributed by atoms with Gasteiger partial charge in [-0.2, -0.15) is 0 Å². The molecule has 1 aliphatic rings. The Hall–Kier alpha value is -2.04. The summed E-state index contributed by atoms with van der Waals surface area (Å²) in [4.78, 5) is 22.7. The second-order valence-corrected chi connectivity index (χ2v) is 5.70. The van der Waals surface area contributed by atoms with E-state index >= 15 is 0 Å². The second-order valence-electron chi connectivity index (χ2n) is 5.70. The van der Waals surface area contributed by atoms with Crippen LogP contribution < -0.4 is 10.6 Å². The van der Waals surface area contributed by atoms with Crippen LogP contribution in [0.15, 0.2) is 24.3 Å². The van der Waals surface area contributed by atoms with Gasteiger partial charge in [0.15, 0.2) is 0 Å². The summed E-state index contributed by atoms with van der Waals surface area (Å²) >= 11 is 0. The fourth-order valence-electron chi connectivity index (χ4n) is 2.88. The van der Waals surface area contributed by atoms with Crippen LogP contribution in [0.4, 0.5) is 10.5 Å². The lowest BCUT2D eigenvalue weighted by Gasteiger charge is -2.20. The molecule has 0 saturated heterocycles. The van der Waals surface area contributed by atoms with Gasteiger partial charge in [-0.25, -0.2) is 4.79 Å². The Kier molecular flexibility index (Phi) is 5.20. The van der Waals surface area contributed by atoms with Crippen molar-refractivity contribution in [3.05, 3.63) is 29.8 Å². The Labute approximate surface area is 124 Å². The summed E-state index contributed by atoms with van der Waals surface area (Å²) in [5, 5.41) is 14.5. The SMILES string of the molecule is CC(NC(=O)Nc1cccc(CC(=O)O)c1)C1CCCC1. The number of benzene rings is 1. The van der Waals surface area contributed by atoms with Gasteiger partial charge in [-0.15, -0.1) is 0 Å². The molecule has 0 bridgehead atoms. The number of hydrogen-bond acceptors (Lipinski definition) is 2. The van der Waals surface area contributed by atoms with E-state index in [2.05, 4.69) is 10.6 Å². The van der Waals surface area contributed by atoms with Crippen molar-refractivity contribution in [2.45, 2.75) is 45.1 Å². The Morgan fingerprint density at radius 3 is 2.71 bits per heavy atom. The van der Waals surface area contributed by atoms with Gasteiger partial charge in [-0.1, -0.05) is 25.0 Å². The number of carbonyl (C=O) groups is 2. The third-order valence-corrected chi connectivity index (χ3v) is 4.01. The number of carboxylic acid groups (broad SMARTS) is 1. The molecule has 2 amide bonds. The average Bonchev–Trinajstić information content (AvgIpc) is 2.91. The third-order valence-electron chi connectivity index (χ3n) is 4.01. The van der Waals surface area contributed by atoms with Crippen molar-refractivity contribution in [2.75, 3.05) is 5.32 Å². The van der Waals surface area contributed by atoms with E-state index < -0.39 is 5.97 Å². The van der Waals surface area contributed by atoms with Gasteiger partial charge < -0.3 is 15.7 Å². The van der Waals surface area contributed by atoms with Crippen LogP contribution >= 0.6 is 0 Å². The van der Waals surface area contributed by atoms with E-state index in [-0.39, 0.29) is 18.5 Å². The van der Waals surface area contributed by atoms with E-state index in [1.807, 2.05) is 6.92 Å². The van der Waals surface area contributed by atoms with Crippen molar-refractivity contribution in [2.24, 2.45) is 5.92 Å². The van der Waals surface area contributed by atoms with Gasteiger partial charge in [0, 0.05) is 11.7 Å².